The molecular weight excluding hydrogens is 282 g/mol. The number of aryl methyl sites for hydroxylation is 1. The molecule has 0 saturated carbocycles. The minimum absolute atomic E-state index is 0.711. The summed E-state index contributed by atoms with van der Waals surface area (Å²) in [6.45, 7) is 2.86. The lowest BCUT2D eigenvalue weighted by molar-refractivity contribution is 0.684. The van der Waals surface area contributed by atoms with Crippen molar-refractivity contribution >= 4 is 27.9 Å². The van der Waals surface area contributed by atoms with Crippen LogP contribution in [0.15, 0.2) is 66.7 Å². The fourth-order valence-corrected chi connectivity index (χ4v) is 2.95. The predicted octanol–water partition coefficient (Wildman–Crippen LogP) is 4.61. The Morgan fingerprint density at radius 1 is 0.913 bits per heavy atom. The van der Waals surface area contributed by atoms with E-state index in [-0.39, 0.29) is 0 Å². The molecule has 23 heavy (non-hydrogen) atoms. The van der Waals surface area contributed by atoms with Crippen LogP contribution in [0.3, 0.4) is 0 Å². The normalized spacial score (nSPS) is 11.7. The van der Waals surface area contributed by atoms with Gasteiger partial charge in [0.25, 0.3) is 0 Å². The third-order valence-electron chi connectivity index (χ3n) is 4.17. The van der Waals surface area contributed by atoms with Gasteiger partial charge in [-0.15, -0.1) is 5.10 Å². The van der Waals surface area contributed by atoms with E-state index in [4.69, 9.17) is 0 Å². The highest BCUT2D eigenvalue weighted by molar-refractivity contribution is 5.92. The summed E-state index contributed by atoms with van der Waals surface area (Å²) in [6.07, 6.45) is 4.30. The van der Waals surface area contributed by atoms with Gasteiger partial charge in [-0.25, -0.2) is 4.68 Å². The standard InChI is InChI=1S/C20H17N3/c1-15-12-13-16(18-9-3-2-8-17(15)18)7-6-14-23-20-11-5-4-10-19(20)21-22-23/h2-13H,14H2,1H3. The van der Waals surface area contributed by atoms with Crippen molar-refractivity contribution in [2.24, 2.45) is 0 Å². The Kier molecular flexibility index (Phi) is 3.39. The summed E-state index contributed by atoms with van der Waals surface area (Å²) < 4.78 is 1.92. The van der Waals surface area contributed by atoms with Gasteiger partial charge in [0.2, 0.25) is 0 Å². The van der Waals surface area contributed by atoms with Crippen LogP contribution in [-0.4, -0.2) is 15.0 Å². The zero-order valence-electron chi connectivity index (χ0n) is 13.0. The molecule has 1 aromatic heterocycles. The van der Waals surface area contributed by atoms with Crippen LogP contribution in [0.4, 0.5) is 0 Å². The topological polar surface area (TPSA) is 30.7 Å². The molecule has 0 saturated heterocycles. The molecule has 0 bridgehead atoms. The van der Waals surface area contributed by atoms with Gasteiger partial charge in [-0.05, 0) is 41.0 Å². The smallest absolute Gasteiger partial charge is 0.113 e. The monoisotopic (exact) mass is 299 g/mol. The molecule has 0 aliphatic rings. The second kappa shape index (κ2) is 5.69. The van der Waals surface area contributed by atoms with E-state index in [1.54, 1.807) is 0 Å². The number of benzene rings is 3. The molecule has 0 amide bonds. The molecule has 0 radical (unpaired) electrons. The first kappa shape index (κ1) is 13.7. The highest BCUT2D eigenvalue weighted by atomic mass is 15.4. The molecule has 0 atom stereocenters. The van der Waals surface area contributed by atoms with Crippen LogP contribution >= 0.6 is 0 Å². The molecule has 0 aliphatic heterocycles. The zero-order chi connectivity index (χ0) is 15.6. The van der Waals surface area contributed by atoms with Crippen molar-refractivity contribution in [1.29, 1.82) is 0 Å². The summed E-state index contributed by atoms with van der Waals surface area (Å²) in [5.41, 5.74) is 4.53. The molecule has 0 fully saturated rings. The van der Waals surface area contributed by atoms with E-state index in [1.165, 1.54) is 21.9 Å². The molecule has 0 spiro atoms. The van der Waals surface area contributed by atoms with Crippen LogP contribution in [0.5, 0.6) is 0 Å². The molecule has 4 rings (SSSR count). The van der Waals surface area contributed by atoms with E-state index < -0.39 is 0 Å². The Morgan fingerprint density at radius 3 is 2.61 bits per heavy atom. The fraction of sp³-hybridized carbons (Fsp3) is 0.100. The van der Waals surface area contributed by atoms with E-state index in [2.05, 4.69) is 65.8 Å². The first-order valence-corrected chi connectivity index (χ1v) is 7.76. The SMILES string of the molecule is Cc1ccc(C=CCn2nnc3ccccc32)c2ccccc12. The van der Waals surface area contributed by atoms with Gasteiger partial charge < -0.3 is 0 Å². The molecule has 0 aliphatic carbocycles. The summed E-state index contributed by atoms with van der Waals surface area (Å²) in [4.78, 5) is 0. The van der Waals surface area contributed by atoms with E-state index in [0.29, 0.717) is 6.54 Å². The molecule has 3 heteroatoms. The van der Waals surface area contributed by atoms with Gasteiger partial charge in [0, 0.05) is 0 Å². The van der Waals surface area contributed by atoms with Gasteiger partial charge in [0.05, 0.1) is 12.1 Å². The Balaban J connectivity index is 1.66. The fourth-order valence-electron chi connectivity index (χ4n) is 2.95. The molecule has 0 N–H and O–H groups in total. The second-order valence-corrected chi connectivity index (χ2v) is 5.68. The van der Waals surface area contributed by atoms with Crippen LogP contribution in [-0.2, 0) is 6.54 Å². The van der Waals surface area contributed by atoms with E-state index in [9.17, 15) is 0 Å². The highest BCUT2D eigenvalue weighted by Crippen LogP contribution is 2.23. The maximum Gasteiger partial charge on any atom is 0.113 e. The van der Waals surface area contributed by atoms with E-state index >= 15 is 0 Å². The van der Waals surface area contributed by atoms with Gasteiger partial charge in [-0.3, -0.25) is 0 Å². The van der Waals surface area contributed by atoms with Crippen molar-refractivity contribution in [1.82, 2.24) is 15.0 Å². The average Bonchev–Trinajstić information content (AvgIpc) is 3.01. The summed E-state index contributed by atoms with van der Waals surface area (Å²) in [5, 5.41) is 11.0. The van der Waals surface area contributed by atoms with Gasteiger partial charge in [-0.1, -0.05) is 65.9 Å². The maximum atomic E-state index is 4.22. The summed E-state index contributed by atoms with van der Waals surface area (Å²) in [7, 11) is 0. The van der Waals surface area contributed by atoms with Crippen molar-refractivity contribution in [3.63, 3.8) is 0 Å². The molecule has 4 aromatic rings. The molecule has 3 aromatic carbocycles. The van der Waals surface area contributed by atoms with E-state index in [1.807, 2.05) is 28.9 Å². The Hall–Kier alpha value is -2.94. The Labute approximate surface area is 134 Å². The summed E-state index contributed by atoms with van der Waals surface area (Å²) in [6, 6.07) is 20.9. The molecule has 0 unspecified atom stereocenters. The lowest BCUT2D eigenvalue weighted by Crippen LogP contribution is -1.97. The quantitative estimate of drug-likeness (QED) is 0.553. The molecule has 1 heterocycles. The predicted molar refractivity (Wildman–Crippen MR) is 95.2 cm³/mol. The average molecular weight is 299 g/mol. The number of hydrogen-bond donors (Lipinski definition) is 0. The van der Waals surface area contributed by atoms with Crippen LogP contribution in [0.1, 0.15) is 11.1 Å². The van der Waals surface area contributed by atoms with Crippen molar-refractivity contribution in [3.8, 4) is 0 Å². The minimum atomic E-state index is 0.711. The van der Waals surface area contributed by atoms with Crippen LogP contribution < -0.4 is 0 Å². The highest BCUT2D eigenvalue weighted by Gasteiger charge is 2.02. The number of hydrogen-bond acceptors (Lipinski definition) is 2. The van der Waals surface area contributed by atoms with Gasteiger partial charge in [0.15, 0.2) is 0 Å². The van der Waals surface area contributed by atoms with Crippen LogP contribution in [0, 0.1) is 6.92 Å². The summed E-state index contributed by atoms with van der Waals surface area (Å²) >= 11 is 0. The first-order valence-electron chi connectivity index (χ1n) is 7.76. The number of para-hydroxylation sites is 1. The largest absolute Gasteiger partial charge is 0.241 e. The number of rotatable bonds is 3. The van der Waals surface area contributed by atoms with Crippen molar-refractivity contribution in [2.45, 2.75) is 13.5 Å². The third kappa shape index (κ3) is 2.50. The molecule has 3 nitrogen and oxygen atoms in total. The summed E-state index contributed by atoms with van der Waals surface area (Å²) in [5.74, 6) is 0. The minimum Gasteiger partial charge on any atom is -0.241 e. The van der Waals surface area contributed by atoms with Gasteiger partial charge in [0.1, 0.15) is 5.52 Å². The van der Waals surface area contributed by atoms with E-state index in [0.717, 1.165) is 11.0 Å². The maximum absolute atomic E-state index is 4.22. The lowest BCUT2D eigenvalue weighted by atomic mass is 10.00. The number of nitrogens with zero attached hydrogens (tertiary/aromatic N) is 3. The van der Waals surface area contributed by atoms with Gasteiger partial charge in [-0.2, -0.15) is 0 Å². The van der Waals surface area contributed by atoms with Gasteiger partial charge >= 0.3 is 0 Å². The van der Waals surface area contributed by atoms with Crippen molar-refractivity contribution in [2.75, 3.05) is 0 Å². The Morgan fingerprint density at radius 2 is 1.70 bits per heavy atom. The lowest BCUT2D eigenvalue weighted by Gasteiger charge is -2.05. The second-order valence-electron chi connectivity index (χ2n) is 5.68. The third-order valence-corrected chi connectivity index (χ3v) is 4.17. The number of aromatic nitrogens is 3. The molecule has 112 valence electrons. The van der Waals surface area contributed by atoms with Crippen molar-refractivity contribution in [3.05, 3.63) is 77.9 Å². The Bertz CT molecular complexity index is 1010. The zero-order valence-corrected chi connectivity index (χ0v) is 13.0. The van der Waals surface area contributed by atoms with Crippen molar-refractivity contribution < 1.29 is 0 Å². The number of fused-ring (bicyclic) bond motifs is 2. The van der Waals surface area contributed by atoms with Crippen LogP contribution in [0.2, 0.25) is 0 Å². The first-order chi connectivity index (χ1) is 11.3. The number of allylic oxidation sites excluding steroid dienone is 1. The van der Waals surface area contributed by atoms with Crippen LogP contribution in [0.25, 0.3) is 27.9 Å². The molecular formula is C20H17N3.